The molecule has 3 nitrogen and oxygen atoms in total. The van der Waals surface area contributed by atoms with Crippen molar-refractivity contribution in [2.75, 3.05) is 5.73 Å². The minimum Gasteiger partial charge on any atom is -0.381 e. The SMILES string of the molecule is Cc1c(N)noc1-c1ccc(Br)c(C(F)(F)F)c1. The fourth-order valence-electron chi connectivity index (χ4n) is 1.50. The Balaban J connectivity index is 2.58. The van der Waals surface area contributed by atoms with E-state index in [0.29, 0.717) is 5.56 Å². The maximum absolute atomic E-state index is 12.7. The molecule has 0 saturated heterocycles. The summed E-state index contributed by atoms with van der Waals surface area (Å²) >= 11 is 2.87. The minimum atomic E-state index is -4.44. The Kier molecular flexibility index (Phi) is 3.10. The van der Waals surface area contributed by atoms with E-state index < -0.39 is 11.7 Å². The molecule has 0 atom stereocenters. The van der Waals surface area contributed by atoms with Gasteiger partial charge < -0.3 is 10.3 Å². The number of nitrogen functional groups attached to an aromatic ring is 1. The monoisotopic (exact) mass is 320 g/mol. The molecular formula is C11H8BrF3N2O. The fraction of sp³-hybridized carbons (Fsp3) is 0.182. The third kappa shape index (κ3) is 2.22. The molecule has 2 aromatic rings. The third-order valence-corrected chi connectivity index (χ3v) is 3.19. The van der Waals surface area contributed by atoms with Crippen molar-refractivity contribution in [2.45, 2.75) is 13.1 Å². The van der Waals surface area contributed by atoms with E-state index in [2.05, 4.69) is 21.1 Å². The second-order valence-electron chi connectivity index (χ2n) is 3.71. The van der Waals surface area contributed by atoms with Crippen molar-refractivity contribution < 1.29 is 17.7 Å². The van der Waals surface area contributed by atoms with Gasteiger partial charge in [0.1, 0.15) is 0 Å². The van der Waals surface area contributed by atoms with Crippen LogP contribution < -0.4 is 5.73 Å². The van der Waals surface area contributed by atoms with E-state index in [1.165, 1.54) is 12.1 Å². The normalized spacial score (nSPS) is 11.8. The summed E-state index contributed by atoms with van der Waals surface area (Å²) in [6.45, 7) is 1.64. The van der Waals surface area contributed by atoms with Crippen molar-refractivity contribution in [1.82, 2.24) is 5.16 Å². The second kappa shape index (κ2) is 4.31. The van der Waals surface area contributed by atoms with Crippen LogP contribution in [0.5, 0.6) is 0 Å². The summed E-state index contributed by atoms with van der Waals surface area (Å²) in [6.07, 6.45) is -4.44. The maximum Gasteiger partial charge on any atom is 0.417 e. The molecule has 0 aliphatic rings. The molecule has 0 bridgehead atoms. The van der Waals surface area contributed by atoms with E-state index in [4.69, 9.17) is 10.3 Å². The zero-order valence-corrected chi connectivity index (χ0v) is 10.8. The number of hydrogen-bond acceptors (Lipinski definition) is 3. The van der Waals surface area contributed by atoms with Crippen LogP contribution in [0.25, 0.3) is 11.3 Å². The van der Waals surface area contributed by atoms with E-state index in [1.807, 2.05) is 0 Å². The Morgan fingerprint density at radius 2 is 2.00 bits per heavy atom. The number of nitrogens with zero attached hydrogens (tertiary/aromatic N) is 1. The van der Waals surface area contributed by atoms with Gasteiger partial charge >= 0.3 is 6.18 Å². The van der Waals surface area contributed by atoms with Crippen LogP contribution in [-0.4, -0.2) is 5.16 Å². The highest BCUT2D eigenvalue weighted by atomic mass is 79.9. The van der Waals surface area contributed by atoms with Crippen molar-refractivity contribution in [3.05, 3.63) is 33.8 Å². The maximum atomic E-state index is 12.7. The number of halogens is 4. The fourth-order valence-corrected chi connectivity index (χ4v) is 1.97. The highest BCUT2D eigenvalue weighted by molar-refractivity contribution is 9.10. The molecule has 0 radical (unpaired) electrons. The number of aromatic nitrogens is 1. The standard InChI is InChI=1S/C11H8BrF3N2O/c1-5-9(18-17-10(5)16)6-2-3-8(12)7(4-6)11(13,14)15/h2-4H,1H3,(H2,16,17). The van der Waals surface area contributed by atoms with Crippen molar-refractivity contribution in [2.24, 2.45) is 0 Å². The molecule has 0 saturated carbocycles. The first-order chi connectivity index (χ1) is 8.30. The summed E-state index contributed by atoms with van der Waals surface area (Å²) in [6, 6.07) is 3.82. The Hall–Kier alpha value is -1.50. The molecule has 7 heteroatoms. The Labute approximate surface area is 109 Å². The van der Waals surface area contributed by atoms with E-state index in [9.17, 15) is 13.2 Å². The third-order valence-electron chi connectivity index (χ3n) is 2.49. The van der Waals surface area contributed by atoms with Gasteiger partial charge in [-0.1, -0.05) is 21.1 Å². The van der Waals surface area contributed by atoms with Gasteiger partial charge in [-0.2, -0.15) is 13.2 Å². The summed E-state index contributed by atoms with van der Waals surface area (Å²) in [5.74, 6) is 0.409. The number of rotatable bonds is 1. The predicted molar refractivity (Wildman–Crippen MR) is 63.8 cm³/mol. The number of nitrogens with two attached hydrogens (primary N) is 1. The van der Waals surface area contributed by atoms with Gasteiger partial charge in [0.25, 0.3) is 0 Å². The lowest BCUT2D eigenvalue weighted by molar-refractivity contribution is -0.138. The molecule has 0 aliphatic carbocycles. The average Bonchev–Trinajstić information content (AvgIpc) is 2.59. The smallest absolute Gasteiger partial charge is 0.381 e. The van der Waals surface area contributed by atoms with Gasteiger partial charge in [-0.15, -0.1) is 0 Å². The van der Waals surface area contributed by atoms with Crippen LogP contribution in [-0.2, 0) is 6.18 Å². The first kappa shape index (κ1) is 12.9. The van der Waals surface area contributed by atoms with Crippen molar-refractivity contribution >= 4 is 21.7 Å². The zero-order valence-electron chi connectivity index (χ0n) is 9.18. The summed E-state index contributed by atoms with van der Waals surface area (Å²) in [5.41, 5.74) is 5.53. The topological polar surface area (TPSA) is 52.0 Å². The van der Waals surface area contributed by atoms with Gasteiger partial charge in [0.15, 0.2) is 11.6 Å². The summed E-state index contributed by atoms with van der Waals surface area (Å²) in [4.78, 5) is 0. The molecular weight excluding hydrogens is 313 g/mol. The average molecular weight is 321 g/mol. The first-order valence-corrected chi connectivity index (χ1v) is 5.69. The molecule has 1 aromatic heterocycles. The quantitative estimate of drug-likeness (QED) is 0.863. The first-order valence-electron chi connectivity index (χ1n) is 4.89. The molecule has 1 heterocycles. The van der Waals surface area contributed by atoms with Crippen molar-refractivity contribution in [3.63, 3.8) is 0 Å². The van der Waals surface area contributed by atoms with Gasteiger partial charge in [0.2, 0.25) is 0 Å². The van der Waals surface area contributed by atoms with Crippen LogP contribution in [0, 0.1) is 6.92 Å². The lowest BCUT2D eigenvalue weighted by atomic mass is 10.1. The van der Waals surface area contributed by atoms with Gasteiger partial charge in [-0.3, -0.25) is 0 Å². The van der Waals surface area contributed by atoms with E-state index >= 15 is 0 Å². The number of benzene rings is 1. The van der Waals surface area contributed by atoms with Gasteiger partial charge in [-0.05, 0) is 25.1 Å². The van der Waals surface area contributed by atoms with E-state index in [1.54, 1.807) is 6.92 Å². The molecule has 2 N–H and O–H groups in total. The Morgan fingerprint density at radius 1 is 1.33 bits per heavy atom. The largest absolute Gasteiger partial charge is 0.417 e. The highest BCUT2D eigenvalue weighted by Crippen LogP contribution is 2.38. The number of alkyl halides is 3. The molecule has 0 unspecified atom stereocenters. The highest BCUT2D eigenvalue weighted by Gasteiger charge is 2.33. The molecule has 0 amide bonds. The number of hydrogen-bond donors (Lipinski definition) is 1. The summed E-state index contributed by atoms with van der Waals surface area (Å²) in [7, 11) is 0. The number of anilines is 1. The van der Waals surface area contributed by atoms with Gasteiger partial charge in [0.05, 0.1) is 5.56 Å². The zero-order chi connectivity index (χ0) is 13.5. The van der Waals surface area contributed by atoms with E-state index in [0.717, 1.165) is 6.07 Å². The van der Waals surface area contributed by atoms with E-state index in [-0.39, 0.29) is 21.6 Å². The molecule has 1 aromatic carbocycles. The molecule has 0 fully saturated rings. The lowest BCUT2D eigenvalue weighted by Crippen LogP contribution is -2.06. The van der Waals surface area contributed by atoms with Gasteiger partial charge in [-0.25, -0.2) is 0 Å². The molecule has 2 rings (SSSR count). The van der Waals surface area contributed by atoms with Crippen LogP contribution in [0.3, 0.4) is 0 Å². The molecule has 18 heavy (non-hydrogen) atoms. The van der Waals surface area contributed by atoms with Crippen LogP contribution in [0.1, 0.15) is 11.1 Å². The molecule has 0 spiro atoms. The Morgan fingerprint density at radius 3 is 2.50 bits per heavy atom. The summed E-state index contributed by atoms with van der Waals surface area (Å²) in [5, 5.41) is 3.52. The van der Waals surface area contributed by atoms with Gasteiger partial charge in [0, 0.05) is 15.6 Å². The second-order valence-corrected chi connectivity index (χ2v) is 4.57. The Bertz CT molecular complexity index is 592. The predicted octanol–water partition coefficient (Wildman–Crippen LogP) is 4.01. The van der Waals surface area contributed by atoms with Crippen LogP contribution in [0.4, 0.5) is 19.0 Å². The van der Waals surface area contributed by atoms with Crippen LogP contribution in [0.15, 0.2) is 27.2 Å². The molecule has 96 valence electrons. The van der Waals surface area contributed by atoms with Crippen LogP contribution in [0.2, 0.25) is 0 Å². The lowest BCUT2D eigenvalue weighted by Gasteiger charge is -2.10. The van der Waals surface area contributed by atoms with Crippen molar-refractivity contribution in [3.8, 4) is 11.3 Å². The van der Waals surface area contributed by atoms with Crippen molar-refractivity contribution in [1.29, 1.82) is 0 Å². The molecule has 0 aliphatic heterocycles. The summed E-state index contributed by atoms with van der Waals surface area (Å²) < 4.78 is 43.2. The van der Waals surface area contributed by atoms with Crippen LogP contribution >= 0.6 is 15.9 Å². The minimum absolute atomic E-state index is 0.0242.